The first kappa shape index (κ1) is 9.27. The van der Waals surface area contributed by atoms with Crippen LogP contribution in [0.5, 0.6) is 0 Å². The zero-order valence-corrected chi connectivity index (χ0v) is 9.11. The summed E-state index contributed by atoms with van der Waals surface area (Å²) in [7, 11) is 0. The van der Waals surface area contributed by atoms with Gasteiger partial charge < -0.3 is 5.73 Å². The Morgan fingerprint density at radius 3 is 2.79 bits per heavy atom. The van der Waals surface area contributed by atoms with Gasteiger partial charge in [-0.3, -0.25) is 4.68 Å². The monoisotopic (exact) mass is 251 g/mol. The number of rotatable bonds is 2. The molecule has 2 rings (SSSR count). The molecule has 14 heavy (non-hydrogen) atoms. The van der Waals surface area contributed by atoms with Gasteiger partial charge in [0.25, 0.3) is 0 Å². The highest BCUT2D eigenvalue weighted by Crippen LogP contribution is 2.13. The van der Waals surface area contributed by atoms with Gasteiger partial charge in [-0.1, -0.05) is 18.2 Å². The number of hydrogen-bond donors (Lipinski definition) is 1. The van der Waals surface area contributed by atoms with Crippen molar-refractivity contribution in [2.75, 3.05) is 5.73 Å². The molecule has 0 saturated carbocycles. The predicted molar refractivity (Wildman–Crippen MR) is 59.9 cm³/mol. The number of anilines is 1. The zero-order valence-electron chi connectivity index (χ0n) is 7.52. The van der Waals surface area contributed by atoms with Crippen LogP contribution >= 0.6 is 15.9 Å². The van der Waals surface area contributed by atoms with Gasteiger partial charge in [0.2, 0.25) is 0 Å². The number of halogens is 1. The van der Waals surface area contributed by atoms with E-state index >= 15 is 0 Å². The van der Waals surface area contributed by atoms with Crippen LogP contribution in [0.4, 0.5) is 5.69 Å². The van der Waals surface area contributed by atoms with Crippen LogP contribution in [0.2, 0.25) is 0 Å². The standard InChI is InChI=1S/C10H10BrN3/c11-9-5-13-14(7-9)6-8-3-1-2-4-10(8)12/h1-5,7H,6,12H2. The first-order valence-corrected chi connectivity index (χ1v) is 5.06. The van der Waals surface area contributed by atoms with Crippen molar-refractivity contribution < 1.29 is 0 Å². The third-order valence-electron chi connectivity index (χ3n) is 1.99. The van der Waals surface area contributed by atoms with Crippen LogP contribution in [-0.2, 0) is 6.54 Å². The molecule has 1 heterocycles. The van der Waals surface area contributed by atoms with Gasteiger partial charge in [0.15, 0.2) is 0 Å². The van der Waals surface area contributed by atoms with Crippen LogP contribution in [0.1, 0.15) is 5.56 Å². The van der Waals surface area contributed by atoms with Gasteiger partial charge in [-0.15, -0.1) is 0 Å². The minimum absolute atomic E-state index is 0.707. The smallest absolute Gasteiger partial charge is 0.0679 e. The van der Waals surface area contributed by atoms with E-state index in [0.717, 1.165) is 15.7 Å². The molecule has 2 aromatic rings. The van der Waals surface area contributed by atoms with Crippen molar-refractivity contribution in [2.24, 2.45) is 0 Å². The molecular formula is C10H10BrN3. The van der Waals surface area contributed by atoms with E-state index in [1.165, 1.54) is 0 Å². The van der Waals surface area contributed by atoms with Crippen LogP contribution in [-0.4, -0.2) is 9.78 Å². The topological polar surface area (TPSA) is 43.8 Å². The van der Waals surface area contributed by atoms with E-state index in [1.54, 1.807) is 6.20 Å². The summed E-state index contributed by atoms with van der Waals surface area (Å²) in [6.07, 6.45) is 3.69. The fourth-order valence-corrected chi connectivity index (χ4v) is 1.61. The molecule has 3 nitrogen and oxygen atoms in total. The van der Waals surface area contributed by atoms with E-state index in [1.807, 2.05) is 35.1 Å². The van der Waals surface area contributed by atoms with Crippen molar-refractivity contribution in [3.05, 3.63) is 46.7 Å². The number of nitrogen functional groups attached to an aromatic ring is 1. The molecule has 0 unspecified atom stereocenters. The zero-order chi connectivity index (χ0) is 9.97. The molecular weight excluding hydrogens is 242 g/mol. The molecule has 0 aliphatic carbocycles. The summed E-state index contributed by atoms with van der Waals surface area (Å²) in [5.41, 5.74) is 7.71. The molecule has 4 heteroatoms. The minimum Gasteiger partial charge on any atom is -0.398 e. The lowest BCUT2D eigenvalue weighted by molar-refractivity contribution is 0.688. The van der Waals surface area contributed by atoms with E-state index < -0.39 is 0 Å². The molecule has 1 aromatic heterocycles. The van der Waals surface area contributed by atoms with Crippen molar-refractivity contribution in [3.63, 3.8) is 0 Å². The lowest BCUT2D eigenvalue weighted by atomic mass is 10.2. The summed E-state index contributed by atoms with van der Waals surface area (Å²) in [5, 5.41) is 4.17. The lowest BCUT2D eigenvalue weighted by Gasteiger charge is -2.04. The average molecular weight is 252 g/mol. The highest BCUT2D eigenvalue weighted by molar-refractivity contribution is 9.10. The predicted octanol–water partition coefficient (Wildman–Crippen LogP) is 2.28. The maximum absolute atomic E-state index is 5.82. The Morgan fingerprint density at radius 1 is 1.36 bits per heavy atom. The Hall–Kier alpha value is -1.29. The van der Waals surface area contributed by atoms with Crippen molar-refractivity contribution in [3.8, 4) is 0 Å². The van der Waals surface area contributed by atoms with Gasteiger partial charge in [-0.25, -0.2) is 0 Å². The second-order valence-corrected chi connectivity index (χ2v) is 3.97. The highest BCUT2D eigenvalue weighted by atomic mass is 79.9. The number of nitrogens with zero attached hydrogens (tertiary/aromatic N) is 2. The molecule has 2 N–H and O–H groups in total. The van der Waals surface area contributed by atoms with Gasteiger partial charge >= 0.3 is 0 Å². The summed E-state index contributed by atoms with van der Waals surface area (Å²) in [6.45, 7) is 0.707. The maximum atomic E-state index is 5.82. The van der Waals surface area contributed by atoms with Crippen molar-refractivity contribution in [2.45, 2.75) is 6.54 Å². The molecule has 0 radical (unpaired) electrons. The quantitative estimate of drug-likeness (QED) is 0.833. The molecule has 0 bridgehead atoms. The van der Waals surface area contributed by atoms with Crippen LogP contribution in [0.25, 0.3) is 0 Å². The van der Waals surface area contributed by atoms with Crippen molar-refractivity contribution in [1.82, 2.24) is 9.78 Å². The van der Waals surface area contributed by atoms with Crippen LogP contribution in [0.3, 0.4) is 0 Å². The Balaban J connectivity index is 2.23. The number of hydrogen-bond acceptors (Lipinski definition) is 2. The molecule has 0 atom stereocenters. The van der Waals surface area contributed by atoms with Gasteiger partial charge in [0.1, 0.15) is 0 Å². The molecule has 1 aromatic carbocycles. The molecule has 0 aliphatic heterocycles. The molecule has 0 saturated heterocycles. The number of nitrogens with two attached hydrogens (primary N) is 1. The Kier molecular flexibility index (Phi) is 2.54. The largest absolute Gasteiger partial charge is 0.398 e. The number of aromatic nitrogens is 2. The first-order valence-electron chi connectivity index (χ1n) is 4.27. The van der Waals surface area contributed by atoms with E-state index in [4.69, 9.17) is 5.73 Å². The lowest BCUT2D eigenvalue weighted by Crippen LogP contribution is -2.02. The molecule has 0 fully saturated rings. The number of benzene rings is 1. The second-order valence-electron chi connectivity index (χ2n) is 3.05. The summed E-state index contributed by atoms with van der Waals surface area (Å²) in [6, 6.07) is 7.81. The normalized spacial score (nSPS) is 10.4. The molecule has 0 spiro atoms. The van der Waals surface area contributed by atoms with E-state index in [2.05, 4.69) is 21.0 Å². The van der Waals surface area contributed by atoms with Crippen molar-refractivity contribution >= 4 is 21.6 Å². The van der Waals surface area contributed by atoms with Gasteiger partial charge in [-0.2, -0.15) is 5.10 Å². The third kappa shape index (κ3) is 1.96. The van der Waals surface area contributed by atoms with Crippen LogP contribution < -0.4 is 5.73 Å². The summed E-state index contributed by atoms with van der Waals surface area (Å²) in [4.78, 5) is 0. The average Bonchev–Trinajstić information content (AvgIpc) is 2.56. The van der Waals surface area contributed by atoms with Gasteiger partial charge in [0.05, 0.1) is 17.2 Å². The SMILES string of the molecule is Nc1ccccc1Cn1cc(Br)cn1. The highest BCUT2D eigenvalue weighted by Gasteiger charge is 2.00. The first-order chi connectivity index (χ1) is 6.75. The minimum atomic E-state index is 0.707. The van der Waals surface area contributed by atoms with E-state index in [-0.39, 0.29) is 0 Å². The third-order valence-corrected chi connectivity index (χ3v) is 2.40. The van der Waals surface area contributed by atoms with Gasteiger partial charge in [0, 0.05) is 11.9 Å². The summed E-state index contributed by atoms with van der Waals surface area (Å²) < 4.78 is 2.82. The van der Waals surface area contributed by atoms with E-state index in [0.29, 0.717) is 6.54 Å². The second kappa shape index (κ2) is 3.84. The Labute approximate surface area is 90.7 Å². The van der Waals surface area contributed by atoms with Crippen LogP contribution in [0, 0.1) is 0 Å². The Bertz CT molecular complexity index is 436. The molecule has 0 amide bonds. The molecule has 72 valence electrons. The van der Waals surface area contributed by atoms with Crippen molar-refractivity contribution in [1.29, 1.82) is 0 Å². The fraction of sp³-hybridized carbons (Fsp3) is 0.100. The fourth-order valence-electron chi connectivity index (χ4n) is 1.28. The van der Waals surface area contributed by atoms with E-state index in [9.17, 15) is 0 Å². The van der Waals surface area contributed by atoms with Gasteiger partial charge in [-0.05, 0) is 27.6 Å². The molecule has 0 aliphatic rings. The summed E-state index contributed by atoms with van der Waals surface area (Å²) >= 11 is 3.35. The maximum Gasteiger partial charge on any atom is 0.0679 e. The van der Waals surface area contributed by atoms with Crippen LogP contribution in [0.15, 0.2) is 41.1 Å². The Morgan fingerprint density at radius 2 is 2.14 bits per heavy atom. The summed E-state index contributed by atoms with van der Waals surface area (Å²) in [5.74, 6) is 0. The number of para-hydroxylation sites is 1.